The molecule has 0 radical (unpaired) electrons. The molecule has 17 heavy (non-hydrogen) atoms. The zero-order valence-electron chi connectivity index (χ0n) is 10.4. The van der Waals surface area contributed by atoms with Gasteiger partial charge in [0.15, 0.2) is 0 Å². The number of pyridine rings is 1. The molecule has 0 saturated carbocycles. The summed E-state index contributed by atoms with van der Waals surface area (Å²) < 4.78 is 5.63. The monoisotopic (exact) mass is 231 g/mol. The number of nitrogens with zero attached hydrogens (tertiary/aromatic N) is 1. The molecule has 3 heteroatoms. The molecule has 0 spiro atoms. The Kier molecular flexibility index (Phi) is 3.03. The molecule has 0 bridgehead atoms. The van der Waals surface area contributed by atoms with Crippen molar-refractivity contribution in [2.24, 2.45) is 0 Å². The van der Waals surface area contributed by atoms with Gasteiger partial charge in [0.2, 0.25) is 0 Å². The molecule has 1 aromatic carbocycles. The molecule has 1 heterocycles. The molecule has 0 fully saturated rings. The van der Waals surface area contributed by atoms with Crippen molar-refractivity contribution < 1.29 is 9.84 Å². The highest BCUT2D eigenvalue weighted by Gasteiger charge is 2.14. The van der Waals surface area contributed by atoms with Crippen LogP contribution in [-0.4, -0.2) is 22.3 Å². The number of aryl methyl sites for hydroxylation is 1. The van der Waals surface area contributed by atoms with Crippen LogP contribution >= 0.6 is 0 Å². The summed E-state index contributed by atoms with van der Waals surface area (Å²) in [6.45, 7) is 5.64. The van der Waals surface area contributed by atoms with Gasteiger partial charge in [-0.05, 0) is 32.9 Å². The van der Waals surface area contributed by atoms with E-state index in [1.54, 1.807) is 13.8 Å². The lowest BCUT2D eigenvalue weighted by Crippen LogP contribution is -2.27. The largest absolute Gasteiger partial charge is 0.488 e. The van der Waals surface area contributed by atoms with E-state index in [0.29, 0.717) is 5.75 Å². The molecule has 0 unspecified atom stereocenters. The normalized spacial score (nSPS) is 11.8. The maximum absolute atomic E-state index is 9.66. The molecule has 90 valence electrons. The predicted octanol–water partition coefficient (Wildman–Crippen LogP) is 2.69. The number of ether oxygens (including phenoxy) is 1. The summed E-state index contributed by atoms with van der Waals surface area (Å²) in [5, 5.41) is 10.7. The molecule has 0 amide bonds. The van der Waals surface area contributed by atoms with E-state index < -0.39 is 5.60 Å². The van der Waals surface area contributed by atoms with Crippen molar-refractivity contribution in [2.75, 3.05) is 6.61 Å². The molecule has 0 atom stereocenters. The Hall–Kier alpha value is -1.61. The molecule has 1 aromatic heterocycles. The predicted molar refractivity (Wildman–Crippen MR) is 68.3 cm³/mol. The van der Waals surface area contributed by atoms with Crippen LogP contribution in [0.3, 0.4) is 0 Å². The van der Waals surface area contributed by atoms with E-state index in [-0.39, 0.29) is 6.61 Å². The van der Waals surface area contributed by atoms with Crippen molar-refractivity contribution in [1.29, 1.82) is 0 Å². The number of hydrogen-bond acceptors (Lipinski definition) is 3. The molecule has 0 saturated heterocycles. The summed E-state index contributed by atoms with van der Waals surface area (Å²) >= 11 is 0. The third-order valence-corrected chi connectivity index (χ3v) is 2.40. The van der Waals surface area contributed by atoms with Crippen molar-refractivity contribution in [3.63, 3.8) is 0 Å². The van der Waals surface area contributed by atoms with Gasteiger partial charge in [-0.2, -0.15) is 0 Å². The minimum atomic E-state index is -0.841. The molecule has 2 rings (SSSR count). The summed E-state index contributed by atoms with van der Waals surface area (Å²) in [4.78, 5) is 4.47. The summed E-state index contributed by atoms with van der Waals surface area (Å²) in [7, 11) is 0. The Bertz CT molecular complexity index is 529. The lowest BCUT2D eigenvalue weighted by molar-refractivity contribution is 0.0290. The first kappa shape index (κ1) is 11.9. The molecule has 0 aliphatic heterocycles. The fourth-order valence-corrected chi connectivity index (χ4v) is 1.59. The first-order chi connectivity index (χ1) is 7.96. The second-order valence-corrected chi connectivity index (χ2v) is 4.88. The number of para-hydroxylation sites is 1. The molecule has 0 aliphatic carbocycles. The van der Waals surface area contributed by atoms with Crippen LogP contribution in [0.2, 0.25) is 0 Å². The molecular weight excluding hydrogens is 214 g/mol. The van der Waals surface area contributed by atoms with Gasteiger partial charge in [-0.25, -0.2) is 4.98 Å². The molecule has 1 N–H and O–H groups in total. The maximum atomic E-state index is 9.66. The van der Waals surface area contributed by atoms with Gasteiger partial charge in [0.1, 0.15) is 17.9 Å². The summed E-state index contributed by atoms with van der Waals surface area (Å²) in [5.41, 5.74) is 0.958. The number of rotatable bonds is 3. The van der Waals surface area contributed by atoms with Crippen LogP contribution in [0.1, 0.15) is 19.5 Å². The number of fused-ring (bicyclic) bond motifs is 1. The SMILES string of the molecule is Cc1ccc2cccc(OCC(C)(C)O)c2n1. The Morgan fingerprint density at radius 3 is 2.71 bits per heavy atom. The summed E-state index contributed by atoms with van der Waals surface area (Å²) in [5.74, 6) is 0.716. The smallest absolute Gasteiger partial charge is 0.145 e. The van der Waals surface area contributed by atoms with Crippen LogP contribution in [0.15, 0.2) is 30.3 Å². The summed E-state index contributed by atoms with van der Waals surface area (Å²) in [6.07, 6.45) is 0. The number of aromatic nitrogens is 1. The molecule has 3 nitrogen and oxygen atoms in total. The van der Waals surface area contributed by atoms with Gasteiger partial charge in [0.05, 0.1) is 5.60 Å². The zero-order chi connectivity index (χ0) is 12.5. The van der Waals surface area contributed by atoms with E-state index in [9.17, 15) is 5.11 Å². The Labute approximate surface area is 101 Å². The average molecular weight is 231 g/mol. The van der Waals surface area contributed by atoms with Crippen LogP contribution in [0.4, 0.5) is 0 Å². The number of benzene rings is 1. The topological polar surface area (TPSA) is 42.4 Å². The molecule has 0 aliphatic rings. The van der Waals surface area contributed by atoms with E-state index in [1.807, 2.05) is 37.3 Å². The van der Waals surface area contributed by atoms with Gasteiger partial charge in [-0.15, -0.1) is 0 Å². The molecular formula is C14H17NO2. The van der Waals surface area contributed by atoms with Crippen LogP contribution < -0.4 is 4.74 Å². The highest BCUT2D eigenvalue weighted by atomic mass is 16.5. The molecule has 2 aromatic rings. The van der Waals surface area contributed by atoms with E-state index in [4.69, 9.17) is 4.74 Å². The van der Waals surface area contributed by atoms with Gasteiger partial charge >= 0.3 is 0 Å². The second-order valence-electron chi connectivity index (χ2n) is 4.88. The van der Waals surface area contributed by atoms with E-state index in [1.165, 1.54) is 0 Å². The van der Waals surface area contributed by atoms with E-state index >= 15 is 0 Å². The van der Waals surface area contributed by atoms with E-state index in [2.05, 4.69) is 4.98 Å². The number of aliphatic hydroxyl groups is 1. The van der Waals surface area contributed by atoms with Gasteiger partial charge < -0.3 is 9.84 Å². The third kappa shape index (κ3) is 2.94. The standard InChI is InChI=1S/C14H17NO2/c1-10-7-8-11-5-4-6-12(13(11)15-10)17-9-14(2,3)16/h4-8,16H,9H2,1-3H3. The van der Waals surface area contributed by atoms with Gasteiger partial charge in [0, 0.05) is 11.1 Å². The van der Waals surface area contributed by atoms with Crippen LogP contribution in [0.25, 0.3) is 10.9 Å². The maximum Gasteiger partial charge on any atom is 0.145 e. The van der Waals surface area contributed by atoms with Crippen LogP contribution in [-0.2, 0) is 0 Å². The quantitative estimate of drug-likeness (QED) is 0.883. The van der Waals surface area contributed by atoms with Crippen molar-refractivity contribution in [2.45, 2.75) is 26.4 Å². The summed E-state index contributed by atoms with van der Waals surface area (Å²) in [6, 6.07) is 9.80. The highest BCUT2D eigenvalue weighted by Crippen LogP contribution is 2.24. The Morgan fingerprint density at radius 2 is 2.00 bits per heavy atom. The highest BCUT2D eigenvalue weighted by molar-refractivity contribution is 5.84. The zero-order valence-corrected chi connectivity index (χ0v) is 10.4. The lowest BCUT2D eigenvalue weighted by Gasteiger charge is -2.18. The van der Waals surface area contributed by atoms with Crippen molar-refractivity contribution >= 4 is 10.9 Å². The number of hydrogen-bond donors (Lipinski definition) is 1. The second kappa shape index (κ2) is 4.34. The fourth-order valence-electron chi connectivity index (χ4n) is 1.59. The van der Waals surface area contributed by atoms with Gasteiger partial charge in [0.25, 0.3) is 0 Å². The lowest BCUT2D eigenvalue weighted by atomic mass is 10.1. The van der Waals surface area contributed by atoms with E-state index in [0.717, 1.165) is 16.6 Å². The van der Waals surface area contributed by atoms with Gasteiger partial charge in [-0.3, -0.25) is 0 Å². The average Bonchev–Trinajstić information content (AvgIpc) is 2.25. The minimum absolute atomic E-state index is 0.252. The third-order valence-electron chi connectivity index (χ3n) is 2.40. The van der Waals surface area contributed by atoms with Gasteiger partial charge in [-0.1, -0.05) is 18.2 Å². The Morgan fingerprint density at radius 1 is 1.24 bits per heavy atom. The fraction of sp³-hybridized carbons (Fsp3) is 0.357. The van der Waals surface area contributed by atoms with Crippen molar-refractivity contribution in [3.8, 4) is 5.75 Å². The van der Waals surface area contributed by atoms with Crippen LogP contribution in [0, 0.1) is 6.92 Å². The first-order valence-electron chi connectivity index (χ1n) is 5.67. The first-order valence-corrected chi connectivity index (χ1v) is 5.67. The van der Waals surface area contributed by atoms with Crippen molar-refractivity contribution in [1.82, 2.24) is 4.98 Å². The Balaban J connectivity index is 2.36. The van der Waals surface area contributed by atoms with Crippen LogP contribution in [0.5, 0.6) is 5.75 Å². The minimum Gasteiger partial charge on any atom is -0.488 e. The van der Waals surface area contributed by atoms with Crippen molar-refractivity contribution in [3.05, 3.63) is 36.0 Å².